The Kier molecular flexibility index (Phi) is 3.25. The van der Waals surface area contributed by atoms with Gasteiger partial charge in [0.2, 0.25) is 0 Å². The second-order valence-corrected chi connectivity index (χ2v) is 2.23. The molecule has 0 spiro atoms. The first kappa shape index (κ1) is 7.48. The normalized spacial score (nSPS) is 11.0. The van der Waals surface area contributed by atoms with Crippen LogP contribution in [0.3, 0.4) is 0 Å². The van der Waals surface area contributed by atoms with Crippen molar-refractivity contribution in [3.63, 3.8) is 0 Å². The Labute approximate surface area is 51.9 Å². The predicted octanol–water partition coefficient (Wildman–Crippen LogP) is 2.77. The summed E-state index contributed by atoms with van der Waals surface area (Å²) in [4.78, 5) is 0. The number of allylic oxidation sites excluding steroid dienone is 3. The van der Waals surface area contributed by atoms with E-state index in [0.717, 1.165) is 0 Å². The molecule has 0 N–H and O–H groups in total. The summed E-state index contributed by atoms with van der Waals surface area (Å²) in [7, 11) is 0. The molecule has 0 aromatic carbocycles. The van der Waals surface area contributed by atoms with Gasteiger partial charge in [-0.2, -0.15) is 0 Å². The van der Waals surface area contributed by atoms with E-state index in [9.17, 15) is 0 Å². The molecule has 0 saturated carbocycles. The minimum Gasteiger partial charge on any atom is -0.0956 e. The fraction of sp³-hybridized carbons (Fsp3) is 0.500. The van der Waals surface area contributed by atoms with Crippen LogP contribution in [0, 0.1) is 5.92 Å². The van der Waals surface area contributed by atoms with Crippen molar-refractivity contribution in [1.82, 2.24) is 0 Å². The first-order valence-electron chi connectivity index (χ1n) is 3.00. The van der Waals surface area contributed by atoms with Crippen molar-refractivity contribution in [2.45, 2.75) is 20.8 Å². The lowest BCUT2D eigenvalue weighted by Gasteiger charge is -2.00. The first-order chi connectivity index (χ1) is 3.68. The van der Waals surface area contributed by atoms with E-state index in [0.29, 0.717) is 5.92 Å². The van der Waals surface area contributed by atoms with Crippen LogP contribution in [0.2, 0.25) is 0 Å². The molecule has 0 atom stereocenters. The highest BCUT2D eigenvalue weighted by Gasteiger charge is 1.91. The summed E-state index contributed by atoms with van der Waals surface area (Å²) in [5, 5.41) is 0. The zero-order valence-electron chi connectivity index (χ0n) is 5.94. The van der Waals surface area contributed by atoms with Crippen molar-refractivity contribution in [1.29, 1.82) is 0 Å². The Morgan fingerprint density at radius 2 is 2.00 bits per heavy atom. The Bertz CT molecular complexity index is 96.6. The highest BCUT2D eigenvalue weighted by atomic mass is 14.0. The fourth-order valence-corrected chi connectivity index (χ4v) is 0.407. The third-order valence-electron chi connectivity index (χ3n) is 1.12. The number of hydrogen-bond acceptors (Lipinski definition) is 0. The molecule has 0 radical (unpaired) electrons. The van der Waals surface area contributed by atoms with Gasteiger partial charge in [-0.3, -0.25) is 0 Å². The summed E-state index contributed by atoms with van der Waals surface area (Å²) in [5.74, 6) is 0.589. The average molecular weight is 110 g/mol. The number of rotatable bonds is 2. The first-order valence-corrected chi connectivity index (χ1v) is 3.00. The Morgan fingerprint density at radius 1 is 1.50 bits per heavy atom. The van der Waals surface area contributed by atoms with Crippen molar-refractivity contribution in [2.75, 3.05) is 0 Å². The van der Waals surface area contributed by atoms with Gasteiger partial charge in [0.25, 0.3) is 0 Å². The van der Waals surface area contributed by atoms with Crippen LogP contribution in [0.5, 0.6) is 0 Å². The van der Waals surface area contributed by atoms with E-state index in [1.807, 2.05) is 19.1 Å². The molecule has 46 valence electrons. The molecule has 0 aliphatic rings. The summed E-state index contributed by atoms with van der Waals surface area (Å²) < 4.78 is 0. The van der Waals surface area contributed by atoms with Crippen molar-refractivity contribution in [3.8, 4) is 0 Å². The van der Waals surface area contributed by atoms with Crippen LogP contribution in [0.25, 0.3) is 0 Å². The zero-order valence-corrected chi connectivity index (χ0v) is 5.94. The van der Waals surface area contributed by atoms with E-state index in [1.54, 1.807) is 0 Å². The highest BCUT2D eigenvalue weighted by molar-refractivity contribution is 5.15. The summed E-state index contributed by atoms with van der Waals surface area (Å²) in [6.07, 6.45) is 4.06. The maximum atomic E-state index is 3.86. The molecule has 0 heteroatoms. The van der Waals surface area contributed by atoms with E-state index in [2.05, 4.69) is 20.4 Å². The molecule has 0 bridgehead atoms. The maximum Gasteiger partial charge on any atom is -0.0225 e. The van der Waals surface area contributed by atoms with Gasteiger partial charge in [-0.05, 0) is 12.8 Å². The molecular formula is C8H14. The Morgan fingerprint density at radius 3 is 2.12 bits per heavy atom. The molecule has 0 amide bonds. The predicted molar refractivity (Wildman–Crippen MR) is 38.8 cm³/mol. The third-order valence-corrected chi connectivity index (χ3v) is 1.12. The van der Waals surface area contributed by atoms with E-state index in [1.165, 1.54) is 5.57 Å². The molecule has 0 heterocycles. The SMILES string of the molecule is C=C(/C=C\C)C(C)C. The van der Waals surface area contributed by atoms with Crippen LogP contribution in [0.4, 0.5) is 0 Å². The lowest BCUT2D eigenvalue weighted by Crippen LogP contribution is -1.86. The molecule has 0 aliphatic carbocycles. The van der Waals surface area contributed by atoms with Gasteiger partial charge in [-0.15, -0.1) is 0 Å². The zero-order chi connectivity index (χ0) is 6.57. The van der Waals surface area contributed by atoms with Crippen LogP contribution in [-0.4, -0.2) is 0 Å². The van der Waals surface area contributed by atoms with Crippen LogP contribution in [0.1, 0.15) is 20.8 Å². The van der Waals surface area contributed by atoms with Crippen molar-refractivity contribution in [3.05, 3.63) is 24.3 Å². The van der Waals surface area contributed by atoms with Gasteiger partial charge >= 0.3 is 0 Å². The van der Waals surface area contributed by atoms with E-state index < -0.39 is 0 Å². The molecule has 8 heavy (non-hydrogen) atoms. The van der Waals surface area contributed by atoms with Gasteiger partial charge in [0.05, 0.1) is 0 Å². The number of hydrogen-bond donors (Lipinski definition) is 0. The molecule has 0 rings (SSSR count). The molecule has 0 aromatic heterocycles. The standard InChI is InChI=1S/C8H14/c1-5-6-8(4)7(2)3/h5-7H,4H2,1-3H3/b6-5-. The van der Waals surface area contributed by atoms with Crippen molar-refractivity contribution in [2.24, 2.45) is 5.92 Å². The fourth-order valence-electron chi connectivity index (χ4n) is 0.407. The largest absolute Gasteiger partial charge is 0.0956 e. The monoisotopic (exact) mass is 110 g/mol. The lowest BCUT2D eigenvalue weighted by atomic mass is 10.1. The molecule has 0 nitrogen and oxygen atoms in total. The second-order valence-electron chi connectivity index (χ2n) is 2.23. The van der Waals surface area contributed by atoms with Gasteiger partial charge in [0.1, 0.15) is 0 Å². The van der Waals surface area contributed by atoms with Crippen LogP contribution >= 0.6 is 0 Å². The van der Waals surface area contributed by atoms with Gasteiger partial charge in [-0.25, -0.2) is 0 Å². The average Bonchev–Trinajstić information content (AvgIpc) is 1.67. The topological polar surface area (TPSA) is 0 Å². The molecule has 0 unspecified atom stereocenters. The molecule has 0 aromatic rings. The third kappa shape index (κ3) is 2.62. The second kappa shape index (κ2) is 3.48. The molecule has 0 aliphatic heterocycles. The quantitative estimate of drug-likeness (QED) is 0.479. The van der Waals surface area contributed by atoms with Gasteiger partial charge in [-0.1, -0.05) is 38.2 Å². The van der Waals surface area contributed by atoms with Gasteiger partial charge in [0, 0.05) is 0 Å². The van der Waals surface area contributed by atoms with Crippen molar-refractivity contribution >= 4 is 0 Å². The van der Waals surface area contributed by atoms with E-state index in [-0.39, 0.29) is 0 Å². The van der Waals surface area contributed by atoms with Gasteiger partial charge in [0.15, 0.2) is 0 Å². The van der Waals surface area contributed by atoms with Crippen LogP contribution in [0.15, 0.2) is 24.3 Å². The van der Waals surface area contributed by atoms with Crippen molar-refractivity contribution < 1.29 is 0 Å². The summed E-state index contributed by atoms with van der Waals surface area (Å²) in [6.45, 7) is 10.1. The van der Waals surface area contributed by atoms with E-state index >= 15 is 0 Å². The Hall–Kier alpha value is -0.520. The minimum atomic E-state index is 0.589. The summed E-state index contributed by atoms with van der Waals surface area (Å²) >= 11 is 0. The maximum absolute atomic E-state index is 3.86. The lowest BCUT2D eigenvalue weighted by molar-refractivity contribution is 0.795. The highest BCUT2D eigenvalue weighted by Crippen LogP contribution is 2.06. The van der Waals surface area contributed by atoms with Gasteiger partial charge < -0.3 is 0 Å². The molecular weight excluding hydrogens is 96.1 g/mol. The van der Waals surface area contributed by atoms with Crippen LogP contribution < -0.4 is 0 Å². The molecule has 0 saturated heterocycles. The summed E-state index contributed by atoms with van der Waals surface area (Å²) in [5.41, 5.74) is 1.20. The molecule has 0 fully saturated rings. The minimum absolute atomic E-state index is 0.589. The van der Waals surface area contributed by atoms with Crippen LogP contribution in [-0.2, 0) is 0 Å². The van der Waals surface area contributed by atoms with E-state index in [4.69, 9.17) is 0 Å². The Balaban J connectivity index is 3.66. The smallest absolute Gasteiger partial charge is 0.0225 e. The summed E-state index contributed by atoms with van der Waals surface area (Å²) in [6, 6.07) is 0.